The van der Waals surface area contributed by atoms with Gasteiger partial charge in [-0.3, -0.25) is 9.36 Å². The van der Waals surface area contributed by atoms with Crippen LogP contribution in [0.2, 0.25) is 0 Å². The Morgan fingerprint density at radius 3 is 2.50 bits per heavy atom. The molecular weight excluding hydrogens is 446 g/mol. The van der Waals surface area contributed by atoms with Crippen LogP contribution in [-0.2, 0) is 6.18 Å². The normalized spacial score (nSPS) is 12.6. The highest BCUT2D eigenvalue weighted by Crippen LogP contribution is 2.34. The van der Waals surface area contributed by atoms with Crippen LogP contribution in [0.15, 0.2) is 40.1 Å². The number of rotatable bonds is 2. The number of nitrogens with one attached hydrogen (secondary N) is 2. The smallest absolute Gasteiger partial charge is 0.306 e. The number of halogens is 6. The average Bonchev–Trinajstić information content (AvgIpc) is 3.31. The summed E-state index contributed by atoms with van der Waals surface area (Å²) in [5.41, 5.74) is -4.72. The molecule has 2 N–H and O–H groups in total. The first kappa shape index (κ1) is 19.8. The summed E-state index contributed by atoms with van der Waals surface area (Å²) in [4.78, 5) is 33.1. The van der Waals surface area contributed by atoms with E-state index < -0.39 is 46.6 Å². The molecule has 0 atom stereocenters. The van der Waals surface area contributed by atoms with E-state index in [1.807, 2.05) is 0 Å². The van der Waals surface area contributed by atoms with E-state index in [1.165, 1.54) is 18.2 Å². The molecule has 5 rings (SSSR count). The molecule has 1 aromatic carbocycles. The molecule has 0 saturated heterocycles. The Hall–Kier alpha value is -4.10. The van der Waals surface area contributed by atoms with Crippen molar-refractivity contribution in [3.05, 3.63) is 62.8 Å². The zero-order valence-electron chi connectivity index (χ0n) is 15.3. The highest BCUT2D eigenvalue weighted by molar-refractivity contribution is 6.04. The molecule has 4 heterocycles. The number of nitrogens with zero attached hydrogens (tertiary/aromatic N) is 4. The molecule has 0 amide bonds. The Morgan fingerprint density at radius 1 is 1.06 bits per heavy atom. The predicted molar refractivity (Wildman–Crippen MR) is 99.3 cm³/mol. The molecule has 0 aliphatic rings. The molecule has 0 aliphatic carbocycles. The van der Waals surface area contributed by atoms with Crippen molar-refractivity contribution in [1.82, 2.24) is 29.3 Å². The van der Waals surface area contributed by atoms with Crippen LogP contribution < -0.4 is 11.2 Å². The van der Waals surface area contributed by atoms with Crippen LogP contribution in [0, 0.1) is 5.82 Å². The monoisotopic (exact) mass is 454 g/mol. The second-order valence-corrected chi connectivity index (χ2v) is 6.76. The van der Waals surface area contributed by atoms with Crippen LogP contribution in [0.25, 0.3) is 38.7 Å². The molecule has 32 heavy (non-hydrogen) atoms. The van der Waals surface area contributed by atoms with Crippen molar-refractivity contribution >= 4 is 33.0 Å². The van der Waals surface area contributed by atoms with Gasteiger partial charge < -0.3 is 9.97 Å². The molecule has 0 spiro atoms. The lowest BCUT2D eigenvalue weighted by atomic mass is 10.1. The van der Waals surface area contributed by atoms with E-state index >= 15 is 0 Å². The number of pyridine rings is 2. The number of aromatic amines is 2. The van der Waals surface area contributed by atoms with E-state index in [0.29, 0.717) is 10.6 Å². The first-order chi connectivity index (χ1) is 15.1. The number of benzene rings is 1. The van der Waals surface area contributed by atoms with E-state index in [0.717, 1.165) is 6.20 Å². The first-order valence-electron chi connectivity index (χ1n) is 8.77. The van der Waals surface area contributed by atoms with Crippen LogP contribution in [0.3, 0.4) is 0 Å². The number of para-hydroxylation sites is 1. The molecule has 14 heteroatoms. The average molecular weight is 454 g/mol. The van der Waals surface area contributed by atoms with Crippen molar-refractivity contribution in [2.24, 2.45) is 0 Å². The van der Waals surface area contributed by atoms with E-state index in [2.05, 4.69) is 20.1 Å². The van der Waals surface area contributed by atoms with E-state index in [1.54, 1.807) is 0 Å². The summed E-state index contributed by atoms with van der Waals surface area (Å²) in [5.74, 6) is -1.76. The summed E-state index contributed by atoms with van der Waals surface area (Å²) in [5, 5.41) is 2.85. The molecule has 0 bridgehead atoms. The Kier molecular flexibility index (Phi) is 4.00. The second-order valence-electron chi connectivity index (χ2n) is 6.76. The Bertz CT molecular complexity index is 1660. The van der Waals surface area contributed by atoms with Gasteiger partial charge in [0.1, 0.15) is 5.65 Å². The van der Waals surface area contributed by atoms with Crippen LogP contribution in [0.1, 0.15) is 12.2 Å². The predicted octanol–water partition coefficient (Wildman–Crippen LogP) is 3.46. The standard InChI is InChI=1S/C18H8F6N6O2/c19-8-4-6-7-5-29(16(20)21)28-11(7)15(31)30(14(6)27-13(8)18(22,23)24)10-3-1-2-9-12(10)26-17(32)25-9/h1-5,16H,(H2,25,26,32). The Morgan fingerprint density at radius 2 is 1.81 bits per heavy atom. The second kappa shape index (κ2) is 6.45. The summed E-state index contributed by atoms with van der Waals surface area (Å²) >= 11 is 0. The summed E-state index contributed by atoms with van der Waals surface area (Å²) in [6.07, 6.45) is -4.48. The maximum absolute atomic E-state index is 14.3. The first-order valence-corrected chi connectivity index (χ1v) is 8.77. The summed E-state index contributed by atoms with van der Waals surface area (Å²) < 4.78 is 81.5. The van der Waals surface area contributed by atoms with Gasteiger partial charge >= 0.3 is 18.4 Å². The fourth-order valence-corrected chi connectivity index (χ4v) is 3.55. The van der Waals surface area contributed by atoms with Gasteiger partial charge in [0.25, 0.3) is 5.56 Å². The number of fused-ring (bicyclic) bond motifs is 4. The molecule has 0 saturated carbocycles. The van der Waals surface area contributed by atoms with Crippen molar-refractivity contribution in [2.75, 3.05) is 0 Å². The maximum atomic E-state index is 14.3. The van der Waals surface area contributed by atoms with E-state index in [4.69, 9.17) is 0 Å². The SMILES string of the molecule is O=c1[nH]c2cccc(-n3c(=O)c4nn(C(F)F)cc4c4cc(F)c(C(F)(F)F)nc43)c2[nH]1. The van der Waals surface area contributed by atoms with Gasteiger partial charge in [0, 0.05) is 17.0 Å². The van der Waals surface area contributed by atoms with Crippen molar-refractivity contribution < 1.29 is 26.3 Å². The fourth-order valence-electron chi connectivity index (χ4n) is 3.55. The van der Waals surface area contributed by atoms with E-state index in [9.17, 15) is 35.9 Å². The molecule has 5 aromatic rings. The molecule has 164 valence electrons. The molecule has 0 unspecified atom stereocenters. The molecule has 8 nitrogen and oxygen atoms in total. The number of H-pyrrole nitrogens is 2. The lowest BCUT2D eigenvalue weighted by molar-refractivity contribution is -0.143. The van der Waals surface area contributed by atoms with Gasteiger partial charge in [0.15, 0.2) is 17.0 Å². The van der Waals surface area contributed by atoms with Crippen LogP contribution in [-0.4, -0.2) is 29.3 Å². The van der Waals surface area contributed by atoms with Gasteiger partial charge in [-0.25, -0.2) is 18.9 Å². The third kappa shape index (κ3) is 2.79. The fraction of sp³-hybridized carbons (Fsp3) is 0.111. The number of alkyl halides is 5. The van der Waals surface area contributed by atoms with Gasteiger partial charge in [-0.15, -0.1) is 0 Å². The van der Waals surface area contributed by atoms with Crippen LogP contribution >= 0.6 is 0 Å². The van der Waals surface area contributed by atoms with Crippen molar-refractivity contribution in [3.63, 3.8) is 0 Å². The lowest BCUT2D eigenvalue weighted by Gasteiger charge is -2.14. The van der Waals surface area contributed by atoms with Crippen LogP contribution in [0.4, 0.5) is 26.3 Å². The quantitative estimate of drug-likeness (QED) is 0.399. The number of hydrogen-bond donors (Lipinski definition) is 2. The highest BCUT2D eigenvalue weighted by atomic mass is 19.4. The number of aromatic nitrogens is 6. The third-order valence-electron chi connectivity index (χ3n) is 4.83. The zero-order chi connectivity index (χ0) is 22.9. The van der Waals surface area contributed by atoms with Gasteiger partial charge in [-0.2, -0.15) is 27.1 Å². The minimum atomic E-state index is -5.20. The lowest BCUT2D eigenvalue weighted by Crippen LogP contribution is -2.22. The van der Waals surface area contributed by atoms with Crippen molar-refractivity contribution in [1.29, 1.82) is 0 Å². The van der Waals surface area contributed by atoms with Gasteiger partial charge in [0.2, 0.25) is 0 Å². The molecular formula is C18H8F6N6O2. The molecule has 4 aromatic heterocycles. The summed E-state index contributed by atoms with van der Waals surface area (Å²) in [6.45, 7) is -3.16. The molecule has 0 fully saturated rings. The molecule has 0 radical (unpaired) electrons. The van der Waals surface area contributed by atoms with Gasteiger partial charge in [-0.05, 0) is 18.2 Å². The van der Waals surface area contributed by atoms with Gasteiger partial charge in [0.05, 0.1) is 16.7 Å². The number of hydrogen-bond acceptors (Lipinski definition) is 4. The Labute approximate surface area is 170 Å². The Balaban J connectivity index is 2.03. The van der Waals surface area contributed by atoms with Crippen LogP contribution in [0.5, 0.6) is 0 Å². The highest BCUT2D eigenvalue weighted by Gasteiger charge is 2.37. The zero-order valence-corrected chi connectivity index (χ0v) is 15.3. The minimum Gasteiger partial charge on any atom is -0.306 e. The maximum Gasteiger partial charge on any atom is 0.436 e. The minimum absolute atomic E-state index is 0.0354. The van der Waals surface area contributed by atoms with Crippen molar-refractivity contribution in [2.45, 2.75) is 12.7 Å². The largest absolute Gasteiger partial charge is 0.436 e. The topological polar surface area (TPSA) is 101 Å². The number of imidazole rings is 1. The van der Waals surface area contributed by atoms with Crippen molar-refractivity contribution in [3.8, 4) is 5.69 Å². The molecule has 0 aliphatic heterocycles. The third-order valence-corrected chi connectivity index (χ3v) is 4.83. The summed E-state index contributed by atoms with van der Waals surface area (Å²) in [6, 6.07) is 4.61. The summed E-state index contributed by atoms with van der Waals surface area (Å²) in [7, 11) is 0. The van der Waals surface area contributed by atoms with E-state index in [-0.39, 0.29) is 32.2 Å². The van der Waals surface area contributed by atoms with Gasteiger partial charge in [-0.1, -0.05) is 6.07 Å².